The predicted octanol–water partition coefficient (Wildman–Crippen LogP) is 8.02. The fourth-order valence-corrected chi connectivity index (χ4v) is 7.97. The van der Waals surface area contributed by atoms with Gasteiger partial charge in [0.1, 0.15) is 23.3 Å². The average Bonchev–Trinajstić information content (AvgIpc) is 3.65. The van der Waals surface area contributed by atoms with Crippen LogP contribution in [0.3, 0.4) is 0 Å². The number of aliphatic imine (C=N–C) groups is 1. The van der Waals surface area contributed by atoms with Crippen molar-refractivity contribution in [3.8, 4) is 17.2 Å². The third kappa shape index (κ3) is 3.23. The van der Waals surface area contributed by atoms with Crippen LogP contribution in [0.2, 0.25) is 0 Å². The lowest BCUT2D eigenvalue weighted by molar-refractivity contribution is 0.206. The van der Waals surface area contributed by atoms with Crippen molar-refractivity contribution in [2.45, 2.75) is 35.3 Å². The summed E-state index contributed by atoms with van der Waals surface area (Å²) < 4.78 is 15.2. The van der Waals surface area contributed by atoms with E-state index in [4.69, 9.17) is 19.5 Å². The Labute approximate surface area is 235 Å². The van der Waals surface area contributed by atoms with Gasteiger partial charge in [-0.15, -0.1) is 0 Å². The van der Waals surface area contributed by atoms with E-state index in [0.29, 0.717) is 11.8 Å². The molecule has 2 unspecified atom stereocenters. The highest BCUT2D eigenvalue weighted by atomic mass is 32.2. The molecule has 9 rings (SSSR count). The molecule has 6 heteroatoms. The van der Waals surface area contributed by atoms with Crippen molar-refractivity contribution in [1.82, 2.24) is 9.55 Å². The number of fused-ring (bicyclic) bond motifs is 8. The van der Waals surface area contributed by atoms with E-state index < -0.39 is 0 Å². The molecule has 194 valence electrons. The van der Waals surface area contributed by atoms with Gasteiger partial charge in [-0.25, -0.2) is 9.98 Å². The number of ether oxygens (including phenoxy) is 2. The van der Waals surface area contributed by atoms with Crippen LogP contribution in [-0.4, -0.2) is 27.6 Å². The first kappa shape index (κ1) is 22.5. The molecule has 0 bridgehead atoms. The first-order valence-corrected chi connectivity index (χ1v) is 14.6. The van der Waals surface area contributed by atoms with Gasteiger partial charge in [-0.1, -0.05) is 54.3 Å². The van der Waals surface area contributed by atoms with Crippen LogP contribution >= 0.6 is 11.8 Å². The highest BCUT2D eigenvalue weighted by Crippen LogP contribution is 2.48. The summed E-state index contributed by atoms with van der Waals surface area (Å²) in [6.45, 7) is 2.11. The molecule has 5 nitrogen and oxygen atoms in total. The standard InChI is InChI=1S/C34H25N3O2S/c1-19-15-30-26(37-32-24(11-5-13-29(32)40-30)25-12-6-14-35-33(25)37)18-27(19)38-22-9-4-8-21(16-22)34-36-31-23-10-3-2-7-20(23)17-28(31)39-34/h2-16,18,20,23,28,31H,17H2,1H3/t20?,23?,28-,31+/m0/s1. The summed E-state index contributed by atoms with van der Waals surface area (Å²) in [5, 5.41) is 2.39. The van der Waals surface area contributed by atoms with Crippen molar-refractivity contribution in [2.75, 3.05) is 0 Å². The van der Waals surface area contributed by atoms with Gasteiger partial charge in [0.2, 0.25) is 5.90 Å². The van der Waals surface area contributed by atoms with Gasteiger partial charge in [0, 0.05) is 44.3 Å². The maximum absolute atomic E-state index is 6.55. The Balaban J connectivity index is 1.08. The Kier molecular flexibility index (Phi) is 4.70. The van der Waals surface area contributed by atoms with E-state index in [1.54, 1.807) is 0 Å². The summed E-state index contributed by atoms with van der Waals surface area (Å²) in [6, 6.07) is 23.4. The second-order valence-electron chi connectivity index (χ2n) is 11.0. The van der Waals surface area contributed by atoms with Crippen LogP contribution in [0.4, 0.5) is 0 Å². The van der Waals surface area contributed by atoms with E-state index in [2.05, 4.69) is 78.3 Å². The zero-order chi connectivity index (χ0) is 26.4. The smallest absolute Gasteiger partial charge is 0.216 e. The maximum Gasteiger partial charge on any atom is 0.216 e. The molecule has 0 amide bonds. The molecular weight excluding hydrogens is 514 g/mol. The molecule has 5 aromatic rings. The van der Waals surface area contributed by atoms with Crippen LogP contribution < -0.4 is 4.74 Å². The zero-order valence-corrected chi connectivity index (χ0v) is 22.6. The number of aryl methyl sites for hydroxylation is 1. The van der Waals surface area contributed by atoms with Crippen molar-refractivity contribution >= 4 is 39.6 Å². The largest absolute Gasteiger partial charge is 0.472 e. The van der Waals surface area contributed by atoms with E-state index in [1.807, 2.05) is 42.2 Å². The molecule has 2 aliphatic heterocycles. The van der Waals surface area contributed by atoms with Gasteiger partial charge in [-0.05, 0) is 67.3 Å². The van der Waals surface area contributed by atoms with E-state index in [9.17, 15) is 0 Å². The van der Waals surface area contributed by atoms with Gasteiger partial charge in [-0.3, -0.25) is 4.57 Å². The van der Waals surface area contributed by atoms with Crippen LogP contribution in [0.5, 0.6) is 11.5 Å². The minimum atomic E-state index is 0.145. The number of benzene rings is 3. The van der Waals surface area contributed by atoms with Crippen LogP contribution in [0.25, 0.3) is 27.6 Å². The molecular formula is C34H25N3O2S. The predicted molar refractivity (Wildman–Crippen MR) is 159 cm³/mol. The second kappa shape index (κ2) is 8.35. The Morgan fingerprint density at radius 1 is 0.950 bits per heavy atom. The number of pyridine rings is 1. The third-order valence-corrected chi connectivity index (χ3v) is 9.74. The topological polar surface area (TPSA) is 48.6 Å². The summed E-state index contributed by atoms with van der Waals surface area (Å²) in [7, 11) is 0. The minimum Gasteiger partial charge on any atom is -0.472 e. The molecule has 4 atom stereocenters. The highest BCUT2D eigenvalue weighted by molar-refractivity contribution is 7.99. The number of rotatable bonds is 3. The normalized spacial score (nSPS) is 23.6. The molecule has 1 saturated carbocycles. The van der Waals surface area contributed by atoms with Crippen LogP contribution in [0.1, 0.15) is 17.5 Å². The Hall–Kier alpha value is -4.29. The fourth-order valence-electron chi connectivity index (χ4n) is 6.80. The number of para-hydroxylation sites is 1. The Morgan fingerprint density at radius 3 is 2.83 bits per heavy atom. The van der Waals surface area contributed by atoms with Gasteiger partial charge in [-0.2, -0.15) is 0 Å². The lowest BCUT2D eigenvalue weighted by Gasteiger charge is -2.22. The van der Waals surface area contributed by atoms with Gasteiger partial charge < -0.3 is 9.47 Å². The Morgan fingerprint density at radius 2 is 1.85 bits per heavy atom. The summed E-state index contributed by atoms with van der Waals surface area (Å²) in [6.07, 6.45) is 11.9. The average molecular weight is 540 g/mol. The summed E-state index contributed by atoms with van der Waals surface area (Å²) in [5.41, 5.74) is 5.32. The lowest BCUT2D eigenvalue weighted by atomic mass is 9.90. The molecule has 2 aliphatic carbocycles. The molecule has 0 spiro atoms. The summed E-state index contributed by atoms with van der Waals surface area (Å²) >= 11 is 1.81. The van der Waals surface area contributed by atoms with Gasteiger partial charge in [0.25, 0.3) is 0 Å². The SMILES string of the molecule is Cc1cc2c(cc1Oc1cccc(C3=N[C@@H]4C5C=CC=CC5C[C@@H]4O3)c1)-n1c3ncccc3c3cccc(c31)S2. The molecule has 0 saturated heterocycles. The van der Waals surface area contributed by atoms with Gasteiger partial charge >= 0.3 is 0 Å². The van der Waals surface area contributed by atoms with Crippen molar-refractivity contribution in [2.24, 2.45) is 16.8 Å². The molecule has 2 aromatic heterocycles. The molecule has 1 fully saturated rings. The molecule has 4 aliphatic rings. The van der Waals surface area contributed by atoms with E-state index in [-0.39, 0.29) is 12.1 Å². The second-order valence-corrected chi connectivity index (χ2v) is 12.1. The first-order valence-electron chi connectivity index (χ1n) is 13.8. The quantitative estimate of drug-likeness (QED) is 0.228. The van der Waals surface area contributed by atoms with Crippen LogP contribution in [0.15, 0.2) is 112 Å². The number of aromatic nitrogens is 2. The molecule has 0 N–H and O–H groups in total. The molecule has 40 heavy (non-hydrogen) atoms. The summed E-state index contributed by atoms with van der Waals surface area (Å²) in [4.78, 5) is 12.3. The van der Waals surface area contributed by atoms with Crippen molar-refractivity contribution in [3.63, 3.8) is 0 Å². The molecule has 4 heterocycles. The highest BCUT2D eigenvalue weighted by Gasteiger charge is 2.46. The third-order valence-electron chi connectivity index (χ3n) is 8.64. The van der Waals surface area contributed by atoms with E-state index >= 15 is 0 Å². The van der Waals surface area contributed by atoms with Gasteiger partial charge in [0.15, 0.2) is 0 Å². The molecule has 3 aromatic carbocycles. The van der Waals surface area contributed by atoms with Crippen molar-refractivity contribution in [1.29, 1.82) is 0 Å². The number of allylic oxidation sites excluding steroid dienone is 3. The van der Waals surface area contributed by atoms with E-state index in [1.165, 1.54) is 20.7 Å². The zero-order valence-electron chi connectivity index (χ0n) is 21.8. The van der Waals surface area contributed by atoms with Crippen LogP contribution in [-0.2, 0) is 4.74 Å². The Bertz CT molecular complexity index is 1970. The first-order chi connectivity index (χ1) is 19.7. The lowest BCUT2D eigenvalue weighted by Crippen LogP contribution is -2.20. The maximum atomic E-state index is 6.55. The van der Waals surface area contributed by atoms with Crippen molar-refractivity contribution in [3.05, 3.63) is 108 Å². The van der Waals surface area contributed by atoms with Crippen molar-refractivity contribution < 1.29 is 9.47 Å². The van der Waals surface area contributed by atoms with E-state index in [0.717, 1.165) is 51.7 Å². The summed E-state index contributed by atoms with van der Waals surface area (Å²) in [5.74, 6) is 3.29. The minimum absolute atomic E-state index is 0.145. The number of hydrogen-bond donors (Lipinski definition) is 0. The van der Waals surface area contributed by atoms with Gasteiger partial charge in [0.05, 0.1) is 17.2 Å². The van der Waals surface area contributed by atoms with Crippen LogP contribution in [0, 0.1) is 18.8 Å². The number of hydrogen-bond acceptors (Lipinski definition) is 5. The number of nitrogens with zero attached hydrogens (tertiary/aromatic N) is 3. The molecule has 0 radical (unpaired) electrons. The fraction of sp³-hybridized carbons (Fsp3) is 0.176. The monoisotopic (exact) mass is 539 g/mol.